The molecule has 0 aromatic heterocycles. The quantitative estimate of drug-likeness (QED) is 0.297. The van der Waals surface area contributed by atoms with Crippen LogP contribution in [0.3, 0.4) is 0 Å². The number of sulfone groups is 1. The van der Waals surface area contributed by atoms with Gasteiger partial charge in [-0.25, -0.2) is 12.8 Å². The number of rotatable bonds is 7. The van der Waals surface area contributed by atoms with E-state index in [0.717, 1.165) is 12.1 Å². The molecule has 1 aliphatic rings. The van der Waals surface area contributed by atoms with Gasteiger partial charge in [-0.1, -0.05) is 11.6 Å². The highest BCUT2D eigenvalue weighted by Gasteiger charge is 2.41. The van der Waals surface area contributed by atoms with E-state index in [2.05, 4.69) is 4.74 Å². The van der Waals surface area contributed by atoms with E-state index in [0.29, 0.717) is 12.1 Å². The first-order valence-electron chi connectivity index (χ1n) is 9.76. The Morgan fingerprint density at radius 2 is 1.68 bits per heavy atom. The number of Topliss-reactive ketones (excluding diaryl/α,β-unsaturated/α-hetero) is 1. The van der Waals surface area contributed by atoms with Crippen LogP contribution >= 0.6 is 11.6 Å². The first-order valence-corrected chi connectivity index (χ1v) is 11.7. The molecule has 0 amide bonds. The van der Waals surface area contributed by atoms with Gasteiger partial charge in [-0.15, -0.1) is 13.2 Å². The number of alkyl halides is 6. The summed E-state index contributed by atoms with van der Waals surface area (Å²) in [5, 5.41) is -1.37. The summed E-state index contributed by atoms with van der Waals surface area (Å²) in [6, 6.07) is 4.28. The van der Waals surface area contributed by atoms with Crippen molar-refractivity contribution in [1.29, 1.82) is 0 Å². The molecule has 0 radical (unpaired) electrons. The Morgan fingerprint density at radius 3 is 2.26 bits per heavy atom. The van der Waals surface area contributed by atoms with Crippen molar-refractivity contribution < 1.29 is 48.7 Å². The topological polar surface area (TPSA) is 60.4 Å². The SMILES string of the molecule is O=C(CCC1CC(S(=O)(=O)c2cc(F)cc(C(F)(F)F)c2)C1)c1ccc(Cl)c(OC(F)(F)F)c1. The van der Waals surface area contributed by atoms with Gasteiger partial charge in [-0.2, -0.15) is 13.2 Å². The van der Waals surface area contributed by atoms with Crippen LogP contribution in [0.15, 0.2) is 41.3 Å². The summed E-state index contributed by atoms with van der Waals surface area (Å²) in [7, 11) is -4.22. The highest BCUT2D eigenvalue weighted by atomic mass is 35.5. The largest absolute Gasteiger partial charge is 0.573 e. The average Bonchev–Trinajstić information content (AvgIpc) is 2.66. The molecule has 0 atom stereocenters. The normalized spacial score (nSPS) is 18.9. The lowest BCUT2D eigenvalue weighted by Gasteiger charge is -2.34. The third-order valence-electron chi connectivity index (χ3n) is 5.42. The number of benzene rings is 2. The van der Waals surface area contributed by atoms with Crippen LogP contribution in [0, 0.1) is 11.7 Å². The number of carbonyl (C=O) groups is 1. The molecule has 2 aromatic carbocycles. The van der Waals surface area contributed by atoms with E-state index >= 15 is 0 Å². The second kappa shape index (κ2) is 9.37. The fourth-order valence-corrected chi connectivity index (χ4v) is 5.77. The minimum Gasteiger partial charge on any atom is -0.404 e. The Morgan fingerprint density at radius 1 is 1.03 bits per heavy atom. The number of hydrogen-bond donors (Lipinski definition) is 0. The van der Waals surface area contributed by atoms with Crippen molar-refractivity contribution in [2.45, 2.75) is 48.4 Å². The van der Waals surface area contributed by atoms with Gasteiger partial charge >= 0.3 is 12.5 Å². The molecule has 0 N–H and O–H groups in total. The fourth-order valence-electron chi connectivity index (χ4n) is 3.61. The van der Waals surface area contributed by atoms with Crippen LogP contribution in [0.2, 0.25) is 5.02 Å². The Labute approximate surface area is 194 Å². The summed E-state index contributed by atoms with van der Waals surface area (Å²) in [6.07, 6.45) is -9.71. The van der Waals surface area contributed by atoms with Gasteiger partial charge in [0.2, 0.25) is 0 Å². The number of ketones is 1. The molecule has 186 valence electrons. The predicted octanol–water partition coefficient (Wildman–Crippen LogP) is 6.61. The zero-order valence-electron chi connectivity index (χ0n) is 17.0. The molecule has 0 heterocycles. The molecule has 0 spiro atoms. The molecule has 0 aliphatic heterocycles. The molecule has 34 heavy (non-hydrogen) atoms. The van der Waals surface area contributed by atoms with Gasteiger partial charge in [0.15, 0.2) is 15.6 Å². The van der Waals surface area contributed by atoms with Crippen molar-refractivity contribution in [2.75, 3.05) is 0 Å². The van der Waals surface area contributed by atoms with Crippen LogP contribution in [0.1, 0.15) is 41.6 Å². The van der Waals surface area contributed by atoms with Crippen molar-refractivity contribution >= 4 is 27.2 Å². The maximum Gasteiger partial charge on any atom is 0.573 e. The molecule has 1 aliphatic carbocycles. The van der Waals surface area contributed by atoms with Crippen molar-refractivity contribution in [3.8, 4) is 5.75 Å². The van der Waals surface area contributed by atoms with E-state index in [9.17, 15) is 43.9 Å². The number of hydrogen-bond acceptors (Lipinski definition) is 4. The van der Waals surface area contributed by atoms with Crippen LogP contribution < -0.4 is 4.74 Å². The van der Waals surface area contributed by atoms with Crippen LogP contribution in [0.4, 0.5) is 30.7 Å². The molecule has 4 nitrogen and oxygen atoms in total. The minimum atomic E-state index is -5.00. The number of ether oxygens (including phenoxy) is 1. The molecular weight excluding hydrogens is 517 g/mol. The molecule has 1 saturated carbocycles. The van der Waals surface area contributed by atoms with Gasteiger partial charge in [0.05, 0.1) is 20.7 Å². The second-order valence-electron chi connectivity index (χ2n) is 7.83. The average molecular weight is 533 g/mol. The minimum absolute atomic E-state index is 0.0521. The summed E-state index contributed by atoms with van der Waals surface area (Å²) in [6.45, 7) is 0. The van der Waals surface area contributed by atoms with Crippen molar-refractivity contribution in [3.05, 3.63) is 58.4 Å². The lowest BCUT2D eigenvalue weighted by molar-refractivity contribution is -0.274. The summed E-state index contributed by atoms with van der Waals surface area (Å²) in [5.41, 5.74) is -1.49. The van der Waals surface area contributed by atoms with Crippen LogP contribution in [-0.4, -0.2) is 25.8 Å². The Bertz CT molecular complexity index is 1190. The monoisotopic (exact) mass is 532 g/mol. The van der Waals surface area contributed by atoms with Gasteiger partial charge < -0.3 is 4.74 Å². The van der Waals surface area contributed by atoms with Crippen LogP contribution in [-0.2, 0) is 16.0 Å². The lowest BCUT2D eigenvalue weighted by Crippen LogP contribution is -2.36. The third-order valence-corrected chi connectivity index (χ3v) is 7.88. The smallest absolute Gasteiger partial charge is 0.404 e. The Balaban J connectivity index is 1.60. The maximum atomic E-state index is 13.6. The lowest BCUT2D eigenvalue weighted by atomic mass is 9.80. The van der Waals surface area contributed by atoms with E-state index in [-0.39, 0.29) is 48.3 Å². The van der Waals surface area contributed by atoms with Gasteiger partial charge in [-0.3, -0.25) is 4.79 Å². The summed E-state index contributed by atoms with van der Waals surface area (Å²) < 4.78 is 118. The summed E-state index contributed by atoms with van der Waals surface area (Å²) >= 11 is 5.64. The summed E-state index contributed by atoms with van der Waals surface area (Å²) in [5.74, 6) is -2.83. The predicted molar refractivity (Wildman–Crippen MR) is 107 cm³/mol. The zero-order valence-corrected chi connectivity index (χ0v) is 18.6. The third kappa shape index (κ3) is 6.21. The Kier molecular flexibility index (Phi) is 7.24. The highest BCUT2D eigenvalue weighted by Crippen LogP contribution is 2.41. The number of carbonyl (C=O) groups excluding carboxylic acids is 1. The molecular formula is C21H16ClF7O4S. The van der Waals surface area contributed by atoms with Gasteiger partial charge in [0.1, 0.15) is 11.6 Å². The van der Waals surface area contributed by atoms with Crippen molar-refractivity contribution in [3.63, 3.8) is 0 Å². The molecule has 0 unspecified atom stereocenters. The van der Waals surface area contributed by atoms with E-state index < -0.39 is 55.4 Å². The first-order chi connectivity index (χ1) is 15.6. The van der Waals surface area contributed by atoms with Crippen molar-refractivity contribution in [2.24, 2.45) is 5.92 Å². The fraction of sp³-hybridized carbons (Fsp3) is 0.381. The molecule has 0 saturated heterocycles. The first kappa shape index (κ1) is 26.3. The number of halogens is 8. The molecule has 3 rings (SSSR count). The van der Waals surface area contributed by atoms with Gasteiger partial charge in [0.25, 0.3) is 0 Å². The van der Waals surface area contributed by atoms with Crippen LogP contribution in [0.5, 0.6) is 5.75 Å². The Hall–Kier alpha value is -2.34. The van der Waals surface area contributed by atoms with Gasteiger partial charge in [0, 0.05) is 12.0 Å². The van der Waals surface area contributed by atoms with E-state index in [4.69, 9.17) is 11.6 Å². The zero-order chi connectivity index (χ0) is 25.5. The standard InChI is InChI=1S/C21H16ClF7O4S/c22-17-3-2-12(7-19(17)33-21(27,28)29)18(30)4-1-11-5-15(6-11)34(31,32)16-9-13(20(24,25)26)8-14(23)10-16/h2-3,7-11,15H,1,4-6H2. The maximum absolute atomic E-state index is 13.6. The second-order valence-corrected chi connectivity index (χ2v) is 10.5. The van der Waals surface area contributed by atoms with E-state index in [1.165, 1.54) is 6.07 Å². The molecule has 13 heteroatoms. The summed E-state index contributed by atoms with van der Waals surface area (Å²) in [4.78, 5) is 11.6. The van der Waals surface area contributed by atoms with E-state index in [1.54, 1.807) is 0 Å². The molecule has 1 fully saturated rings. The molecule has 2 aromatic rings. The van der Waals surface area contributed by atoms with Crippen LogP contribution in [0.25, 0.3) is 0 Å². The van der Waals surface area contributed by atoms with Crippen molar-refractivity contribution in [1.82, 2.24) is 0 Å². The van der Waals surface area contributed by atoms with E-state index in [1.807, 2.05) is 0 Å². The highest BCUT2D eigenvalue weighted by molar-refractivity contribution is 7.92. The van der Waals surface area contributed by atoms with Gasteiger partial charge in [-0.05, 0) is 61.6 Å². The molecule has 0 bridgehead atoms.